The van der Waals surface area contributed by atoms with E-state index in [0.29, 0.717) is 18.1 Å². The Balaban J connectivity index is 1.81. The first kappa shape index (κ1) is 18.5. The van der Waals surface area contributed by atoms with Crippen LogP contribution in [0.2, 0.25) is 5.02 Å². The van der Waals surface area contributed by atoms with Gasteiger partial charge in [0.1, 0.15) is 30.6 Å². The van der Waals surface area contributed by atoms with E-state index in [1.165, 1.54) is 5.56 Å². The number of halogens is 1. The van der Waals surface area contributed by atoms with Crippen LogP contribution in [0.5, 0.6) is 0 Å². The summed E-state index contributed by atoms with van der Waals surface area (Å²) in [6.07, 6.45) is 1.70. The number of fused-ring (bicyclic) bond motifs is 1. The van der Waals surface area contributed by atoms with Gasteiger partial charge in [-0.15, -0.1) is 0 Å². The zero-order chi connectivity index (χ0) is 18.1. The van der Waals surface area contributed by atoms with Gasteiger partial charge in [0, 0.05) is 18.1 Å². The maximum absolute atomic E-state index is 10.4. The minimum Gasteiger partial charge on any atom is -0.412 e. The lowest BCUT2D eigenvalue weighted by Gasteiger charge is -2.44. The van der Waals surface area contributed by atoms with Crippen molar-refractivity contribution in [3.8, 4) is 12.5 Å². The molecule has 6 atom stereocenters. The van der Waals surface area contributed by atoms with Crippen molar-refractivity contribution in [1.29, 1.82) is 0 Å². The highest BCUT2D eigenvalue weighted by Crippen LogP contribution is 2.31. The highest BCUT2D eigenvalue weighted by atomic mass is 35.5. The van der Waals surface area contributed by atoms with Crippen molar-refractivity contribution in [2.24, 2.45) is 0 Å². The van der Waals surface area contributed by atoms with Gasteiger partial charge in [0.15, 0.2) is 0 Å². The molecule has 0 radical (unpaired) electrons. The van der Waals surface area contributed by atoms with Gasteiger partial charge >= 0.3 is 0 Å². The Morgan fingerprint density at radius 1 is 1.28 bits per heavy atom. The van der Waals surface area contributed by atoms with E-state index in [4.69, 9.17) is 27.5 Å². The van der Waals surface area contributed by atoms with E-state index in [1.807, 2.05) is 29.2 Å². The molecule has 0 unspecified atom stereocenters. The van der Waals surface area contributed by atoms with Crippen LogP contribution in [-0.4, -0.2) is 64.1 Å². The molecule has 0 spiro atoms. The summed E-state index contributed by atoms with van der Waals surface area (Å²) in [6, 6.07) is 5.84. The molecule has 1 saturated heterocycles. The Bertz CT molecular complexity index is 663. The van der Waals surface area contributed by atoms with Crippen LogP contribution < -0.4 is 0 Å². The van der Waals surface area contributed by atoms with Crippen molar-refractivity contribution in [2.45, 2.75) is 50.1 Å². The van der Waals surface area contributed by atoms with Crippen LogP contribution in [0.25, 0.3) is 0 Å². The van der Waals surface area contributed by atoms with Gasteiger partial charge in [0.25, 0.3) is 0 Å². The number of rotatable bonds is 2. The zero-order valence-electron chi connectivity index (χ0n) is 13.9. The normalized spacial score (nSPS) is 36.2. The standard InChI is InChI=1S/C18H22ClNO5/c1-3-24-18-16(23)14(21)15(22)17(25-18)20-7-6-11-4-5-12(19)8-13(11)10(2)9-20/h1,4-5,8,10,14-18,21-23H,6-7,9H2,2H3/t10-,14+,15+,16-,17+,18-/m0/s1. The number of ether oxygens (including phenoxy) is 2. The smallest absolute Gasteiger partial charge is 0.240 e. The monoisotopic (exact) mass is 367 g/mol. The van der Waals surface area contributed by atoms with E-state index in [-0.39, 0.29) is 5.92 Å². The molecule has 2 aliphatic heterocycles. The largest absolute Gasteiger partial charge is 0.412 e. The van der Waals surface area contributed by atoms with Crippen LogP contribution in [0.4, 0.5) is 0 Å². The molecule has 3 N–H and O–H groups in total. The van der Waals surface area contributed by atoms with Crippen molar-refractivity contribution < 1.29 is 24.8 Å². The van der Waals surface area contributed by atoms with Crippen molar-refractivity contribution in [1.82, 2.24) is 4.90 Å². The average Bonchev–Trinajstić information content (AvgIpc) is 2.75. The molecule has 25 heavy (non-hydrogen) atoms. The second-order valence-electron chi connectivity index (χ2n) is 6.59. The molecule has 6 nitrogen and oxygen atoms in total. The van der Waals surface area contributed by atoms with Crippen LogP contribution in [0.1, 0.15) is 24.0 Å². The SMILES string of the molecule is C#CO[C@H]1O[C@@H](N2CCc3ccc(Cl)cc3[C@@H](C)C2)[C@H](O)[C@@H](O)[C@@H]1O. The van der Waals surface area contributed by atoms with E-state index in [1.54, 1.807) is 0 Å². The molecule has 0 saturated carbocycles. The molecule has 0 aliphatic carbocycles. The summed E-state index contributed by atoms with van der Waals surface area (Å²) in [5, 5.41) is 31.1. The second-order valence-corrected chi connectivity index (χ2v) is 7.03. The molecule has 1 fully saturated rings. The summed E-state index contributed by atoms with van der Waals surface area (Å²) in [7, 11) is 0. The topological polar surface area (TPSA) is 82.4 Å². The van der Waals surface area contributed by atoms with Gasteiger partial charge in [-0.3, -0.25) is 4.90 Å². The van der Waals surface area contributed by atoms with Crippen molar-refractivity contribution in [3.63, 3.8) is 0 Å². The predicted octanol–water partition coefficient (Wildman–Crippen LogP) is 0.674. The lowest BCUT2D eigenvalue weighted by molar-refractivity contribution is -0.309. The van der Waals surface area contributed by atoms with Gasteiger partial charge in [-0.25, -0.2) is 0 Å². The second kappa shape index (κ2) is 7.50. The van der Waals surface area contributed by atoms with Crippen LogP contribution in [0, 0.1) is 12.5 Å². The van der Waals surface area contributed by atoms with Crippen LogP contribution in [-0.2, 0) is 15.9 Å². The zero-order valence-corrected chi connectivity index (χ0v) is 14.6. The Morgan fingerprint density at radius 3 is 2.76 bits per heavy atom. The fourth-order valence-electron chi connectivity index (χ4n) is 3.59. The number of nitrogens with zero attached hydrogens (tertiary/aromatic N) is 1. The third kappa shape index (κ3) is 3.63. The average molecular weight is 368 g/mol. The minimum absolute atomic E-state index is 0.156. The number of aliphatic hydroxyl groups is 3. The number of hydrogen-bond acceptors (Lipinski definition) is 6. The maximum atomic E-state index is 10.4. The van der Waals surface area contributed by atoms with Gasteiger partial charge in [-0.2, -0.15) is 0 Å². The van der Waals surface area contributed by atoms with E-state index in [0.717, 1.165) is 12.0 Å². The summed E-state index contributed by atoms with van der Waals surface area (Å²) < 4.78 is 10.6. The van der Waals surface area contributed by atoms with Gasteiger partial charge in [-0.1, -0.05) is 31.0 Å². The number of terminal acetylenes is 1. The molecule has 0 amide bonds. The molecular formula is C18H22ClNO5. The Hall–Kier alpha value is -1.33. The van der Waals surface area contributed by atoms with E-state index < -0.39 is 30.8 Å². The first-order chi connectivity index (χ1) is 11.9. The van der Waals surface area contributed by atoms with Gasteiger partial charge in [0.2, 0.25) is 6.29 Å². The van der Waals surface area contributed by atoms with Crippen molar-refractivity contribution >= 4 is 11.6 Å². The van der Waals surface area contributed by atoms with Crippen LogP contribution in [0.15, 0.2) is 18.2 Å². The van der Waals surface area contributed by atoms with Gasteiger partial charge in [-0.05, 0) is 35.6 Å². The van der Waals surface area contributed by atoms with E-state index >= 15 is 0 Å². The number of hydrogen-bond donors (Lipinski definition) is 3. The van der Waals surface area contributed by atoms with Gasteiger partial charge in [0.05, 0.1) is 0 Å². The van der Waals surface area contributed by atoms with E-state index in [9.17, 15) is 15.3 Å². The Labute approximate surface area is 151 Å². The summed E-state index contributed by atoms with van der Waals surface area (Å²) in [5.41, 5.74) is 2.36. The molecular weight excluding hydrogens is 346 g/mol. The lowest BCUT2D eigenvalue weighted by atomic mass is 9.95. The van der Waals surface area contributed by atoms with Gasteiger partial charge < -0.3 is 24.8 Å². The highest BCUT2D eigenvalue weighted by Gasteiger charge is 2.47. The van der Waals surface area contributed by atoms with Crippen molar-refractivity contribution in [2.75, 3.05) is 13.1 Å². The quantitative estimate of drug-likeness (QED) is 0.667. The molecule has 0 bridgehead atoms. The molecule has 0 aromatic heterocycles. The Kier molecular flexibility index (Phi) is 5.54. The fourth-order valence-corrected chi connectivity index (χ4v) is 3.77. The molecule has 7 heteroatoms. The molecule has 3 rings (SSSR count). The lowest BCUT2D eigenvalue weighted by Crippen LogP contribution is -2.63. The van der Waals surface area contributed by atoms with Crippen molar-refractivity contribution in [3.05, 3.63) is 34.3 Å². The molecule has 136 valence electrons. The fraction of sp³-hybridized carbons (Fsp3) is 0.556. The Morgan fingerprint density at radius 2 is 2.04 bits per heavy atom. The molecule has 2 heterocycles. The minimum atomic E-state index is -1.41. The summed E-state index contributed by atoms with van der Waals surface area (Å²) in [4.78, 5) is 1.94. The third-order valence-corrected chi connectivity index (χ3v) is 5.14. The first-order valence-electron chi connectivity index (χ1n) is 8.25. The maximum Gasteiger partial charge on any atom is 0.240 e. The summed E-state index contributed by atoms with van der Waals surface area (Å²) >= 11 is 6.12. The molecule has 1 aromatic rings. The summed E-state index contributed by atoms with van der Waals surface area (Å²) in [6.45, 7) is 3.29. The van der Waals surface area contributed by atoms with Crippen LogP contribution >= 0.6 is 11.6 Å². The predicted molar refractivity (Wildman–Crippen MR) is 91.7 cm³/mol. The summed E-state index contributed by atoms with van der Waals surface area (Å²) in [5.74, 6) is 0.156. The third-order valence-electron chi connectivity index (χ3n) is 4.90. The first-order valence-corrected chi connectivity index (χ1v) is 8.63. The van der Waals surface area contributed by atoms with E-state index in [2.05, 4.69) is 6.92 Å². The highest BCUT2D eigenvalue weighted by molar-refractivity contribution is 6.30. The molecule has 1 aromatic carbocycles. The molecule has 2 aliphatic rings. The number of aliphatic hydroxyl groups excluding tert-OH is 3. The number of benzene rings is 1. The van der Waals surface area contributed by atoms with Crippen LogP contribution in [0.3, 0.4) is 0 Å².